The fourth-order valence-corrected chi connectivity index (χ4v) is 3.29. The number of nitrogens with one attached hydrogen (secondary N) is 1. The molecule has 0 radical (unpaired) electrons. The van der Waals surface area contributed by atoms with Gasteiger partial charge in [-0.2, -0.15) is 0 Å². The number of sulfonamides is 1. The van der Waals surface area contributed by atoms with E-state index in [4.69, 9.17) is 21.1 Å². The van der Waals surface area contributed by atoms with Gasteiger partial charge in [-0.1, -0.05) is 17.7 Å². The van der Waals surface area contributed by atoms with Crippen LogP contribution in [-0.4, -0.2) is 19.5 Å². The minimum Gasteiger partial charge on any atom is -0.475 e. The number of hydrogen-bond donors (Lipinski definition) is 2. The van der Waals surface area contributed by atoms with Crippen molar-refractivity contribution >= 4 is 27.6 Å². The average molecular weight is 330 g/mol. The molecular weight excluding hydrogens is 318 g/mol. The van der Waals surface area contributed by atoms with Gasteiger partial charge in [-0.25, -0.2) is 17.9 Å². The summed E-state index contributed by atoms with van der Waals surface area (Å²) < 4.78 is 31.6. The highest BCUT2D eigenvalue weighted by atomic mass is 35.5. The molecule has 1 heterocycles. The van der Waals surface area contributed by atoms with E-state index in [0.29, 0.717) is 10.6 Å². The molecular formula is C13H12ClNO5S. The van der Waals surface area contributed by atoms with Gasteiger partial charge in [0.25, 0.3) is 0 Å². The van der Waals surface area contributed by atoms with Crippen molar-refractivity contribution in [2.75, 3.05) is 0 Å². The summed E-state index contributed by atoms with van der Waals surface area (Å²) in [4.78, 5) is 10.9. The zero-order valence-electron chi connectivity index (χ0n) is 11.0. The summed E-state index contributed by atoms with van der Waals surface area (Å²) in [5, 5.41) is 9.19. The van der Waals surface area contributed by atoms with E-state index in [-0.39, 0.29) is 22.8 Å². The predicted molar refractivity (Wildman–Crippen MR) is 75.9 cm³/mol. The van der Waals surface area contributed by atoms with E-state index in [0.717, 1.165) is 0 Å². The van der Waals surface area contributed by atoms with Crippen molar-refractivity contribution in [2.45, 2.75) is 18.4 Å². The molecule has 0 atom stereocenters. The summed E-state index contributed by atoms with van der Waals surface area (Å²) >= 11 is 5.80. The van der Waals surface area contributed by atoms with E-state index in [9.17, 15) is 13.2 Å². The third kappa shape index (κ3) is 3.44. The number of hydrogen-bond acceptors (Lipinski definition) is 4. The Morgan fingerprint density at radius 2 is 2.10 bits per heavy atom. The number of benzene rings is 1. The van der Waals surface area contributed by atoms with E-state index in [1.807, 2.05) is 0 Å². The Kier molecular flexibility index (Phi) is 4.36. The largest absolute Gasteiger partial charge is 0.475 e. The van der Waals surface area contributed by atoms with E-state index in [1.165, 1.54) is 18.4 Å². The molecule has 0 amide bonds. The molecule has 0 aliphatic heterocycles. The number of carboxylic acid groups (broad SMARTS) is 1. The number of carboxylic acids is 1. The second-order valence-electron chi connectivity index (χ2n) is 4.31. The quantitative estimate of drug-likeness (QED) is 0.878. The molecule has 0 aliphatic carbocycles. The maximum Gasteiger partial charge on any atom is 0.372 e. The molecule has 6 nitrogen and oxygen atoms in total. The zero-order chi connectivity index (χ0) is 15.6. The van der Waals surface area contributed by atoms with Gasteiger partial charge < -0.3 is 9.52 Å². The van der Waals surface area contributed by atoms with Gasteiger partial charge in [0.1, 0.15) is 0 Å². The Labute approximate surface area is 126 Å². The number of aromatic carboxylic acids is 1. The maximum atomic E-state index is 12.2. The summed E-state index contributed by atoms with van der Waals surface area (Å²) in [6, 6.07) is 5.93. The Hall–Kier alpha value is -1.83. The maximum absolute atomic E-state index is 12.2. The molecule has 21 heavy (non-hydrogen) atoms. The number of halogens is 1. The van der Waals surface area contributed by atoms with Gasteiger partial charge in [-0.05, 0) is 30.7 Å². The fourth-order valence-electron chi connectivity index (χ4n) is 1.78. The van der Waals surface area contributed by atoms with Gasteiger partial charge in [-0.3, -0.25) is 0 Å². The van der Waals surface area contributed by atoms with E-state index in [1.54, 1.807) is 19.1 Å². The van der Waals surface area contributed by atoms with Gasteiger partial charge in [0.15, 0.2) is 0 Å². The van der Waals surface area contributed by atoms with Crippen LogP contribution in [-0.2, 0) is 16.6 Å². The SMILES string of the molecule is Cc1ccc(Cl)cc1S(=O)(=O)NCc1ccoc1C(=O)O. The highest BCUT2D eigenvalue weighted by molar-refractivity contribution is 7.89. The van der Waals surface area contributed by atoms with Gasteiger partial charge in [-0.15, -0.1) is 0 Å². The molecule has 0 unspecified atom stereocenters. The topological polar surface area (TPSA) is 96.6 Å². The minimum atomic E-state index is -3.80. The molecule has 1 aromatic heterocycles. The van der Waals surface area contributed by atoms with E-state index >= 15 is 0 Å². The molecule has 112 valence electrons. The Bertz CT molecular complexity index is 782. The monoisotopic (exact) mass is 329 g/mol. The summed E-state index contributed by atoms with van der Waals surface area (Å²) in [7, 11) is -3.80. The van der Waals surface area contributed by atoms with Crippen molar-refractivity contribution in [3.63, 3.8) is 0 Å². The number of aryl methyl sites for hydroxylation is 1. The summed E-state index contributed by atoms with van der Waals surface area (Å²) in [6.07, 6.45) is 1.19. The van der Waals surface area contributed by atoms with Crippen molar-refractivity contribution in [3.8, 4) is 0 Å². The Balaban J connectivity index is 2.24. The molecule has 1 aromatic carbocycles. The molecule has 0 saturated carbocycles. The van der Waals surface area contributed by atoms with Crippen LogP contribution < -0.4 is 4.72 Å². The highest BCUT2D eigenvalue weighted by Gasteiger charge is 2.20. The van der Waals surface area contributed by atoms with Crippen LogP contribution in [0.3, 0.4) is 0 Å². The molecule has 2 N–H and O–H groups in total. The van der Waals surface area contributed by atoms with Crippen LogP contribution in [0.2, 0.25) is 5.02 Å². The summed E-state index contributed by atoms with van der Waals surface area (Å²) in [6.45, 7) is 1.46. The Morgan fingerprint density at radius 1 is 1.38 bits per heavy atom. The third-order valence-corrected chi connectivity index (χ3v) is 4.61. The lowest BCUT2D eigenvalue weighted by atomic mass is 10.2. The Morgan fingerprint density at radius 3 is 2.76 bits per heavy atom. The van der Waals surface area contributed by atoms with Gasteiger partial charge in [0.05, 0.1) is 11.2 Å². The van der Waals surface area contributed by atoms with E-state index in [2.05, 4.69) is 4.72 Å². The second kappa shape index (κ2) is 5.88. The van der Waals surface area contributed by atoms with Crippen LogP contribution in [0.15, 0.2) is 39.8 Å². The van der Waals surface area contributed by atoms with Crippen LogP contribution >= 0.6 is 11.6 Å². The lowest BCUT2D eigenvalue weighted by Crippen LogP contribution is -2.24. The van der Waals surface area contributed by atoms with Crippen LogP contribution in [0.5, 0.6) is 0 Å². The first kappa shape index (κ1) is 15.6. The number of furan rings is 1. The smallest absolute Gasteiger partial charge is 0.372 e. The fraction of sp³-hybridized carbons (Fsp3) is 0.154. The summed E-state index contributed by atoms with van der Waals surface area (Å²) in [5.41, 5.74) is 0.781. The van der Waals surface area contributed by atoms with Crippen LogP contribution in [0, 0.1) is 6.92 Å². The highest BCUT2D eigenvalue weighted by Crippen LogP contribution is 2.20. The van der Waals surface area contributed by atoms with Gasteiger partial charge in [0.2, 0.25) is 15.8 Å². The normalized spacial score (nSPS) is 11.5. The van der Waals surface area contributed by atoms with Gasteiger partial charge in [0, 0.05) is 17.1 Å². The molecule has 2 aromatic rings. The predicted octanol–water partition coefficient (Wildman–Crippen LogP) is 2.42. The first-order chi connectivity index (χ1) is 9.81. The molecule has 0 saturated heterocycles. The molecule has 0 aliphatic rings. The zero-order valence-corrected chi connectivity index (χ0v) is 12.5. The van der Waals surface area contributed by atoms with Crippen molar-refractivity contribution in [2.24, 2.45) is 0 Å². The van der Waals surface area contributed by atoms with Crippen molar-refractivity contribution in [1.29, 1.82) is 0 Å². The van der Waals surface area contributed by atoms with Crippen LogP contribution in [0.25, 0.3) is 0 Å². The second-order valence-corrected chi connectivity index (χ2v) is 6.49. The molecule has 2 rings (SSSR count). The molecule has 0 spiro atoms. The minimum absolute atomic E-state index is 0.0513. The number of carbonyl (C=O) groups is 1. The van der Waals surface area contributed by atoms with Crippen LogP contribution in [0.4, 0.5) is 0 Å². The number of rotatable bonds is 5. The summed E-state index contributed by atoms with van der Waals surface area (Å²) in [5.74, 6) is -1.55. The molecule has 0 bridgehead atoms. The van der Waals surface area contributed by atoms with Crippen LogP contribution in [0.1, 0.15) is 21.7 Å². The lowest BCUT2D eigenvalue weighted by molar-refractivity contribution is 0.0660. The molecule has 8 heteroatoms. The van der Waals surface area contributed by atoms with Gasteiger partial charge >= 0.3 is 5.97 Å². The van der Waals surface area contributed by atoms with Crippen molar-refractivity contribution in [3.05, 3.63) is 52.4 Å². The lowest BCUT2D eigenvalue weighted by Gasteiger charge is -2.09. The van der Waals surface area contributed by atoms with Crippen molar-refractivity contribution in [1.82, 2.24) is 4.72 Å². The molecule has 0 fully saturated rings. The first-order valence-corrected chi connectivity index (χ1v) is 7.73. The van der Waals surface area contributed by atoms with E-state index < -0.39 is 16.0 Å². The third-order valence-electron chi connectivity index (χ3n) is 2.83. The first-order valence-electron chi connectivity index (χ1n) is 5.87. The average Bonchev–Trinajstić information content (AvgIpc) is 2.88. The van der Waals surface area contributed by atoms with Crippen molar-refractivity contribution < 1.29 is 22.7 Å². The standard InChI is InChI=1S/C13H12ClNO5S/c1-8-2-3-10(14)6-11(8)21(18,19)15-7-9-4-5-20-12(9)13(16)17/h2-6,15H,7H2,1H3,(H,16,17).